The molecule has 6 rings (SSSR count). The number of pyridine rings is 1. The van der Waals surface area contributed by atoms with Crippen LogP contribution in [0.5, 0.6) is 0 Å². The van der Waals surface area contributed by atoms with Crippen molar-refractivity contribution < 1.29 is 27.2 Å². The normalized spacial score (nSPS) is 14.3. The van der Waals surface area contributed by atoms with Crippen LogP contribution in [0.2, 0.25) is 0 Å². The molecule has 2 N–H and O–H groups in total. The summed E-state index contributed by atoms with van der Waals surface area (Å²) < 4.78 is 44.3. The number of aryl methyl sites for hydroxylation is 2. The lowest BCUT2D eigenvalue weighted by molar-refractivity contribution is -0.137. The molecule has 0 bridgehead atoms. The van der Waals surface area contributed by atoms with E-state index in [1.165, 1.54) is 35.3 Å². The number of hydrogen-bond acceptors (Lipinski definition) is 7. The molecule has 256 valence electrons. The highest BCUT2D eigenvalue weighted by atomic mass is 32.1. The second kappa shape index (κ2) is 16.5. The predicted molar refractivity (Wildman–Crippen MR) is 183 cm³/mol. The lowest BCUT2D eigenvalue weighted by atomic mass is 10.1. The van der Waals surface area contributed by atoms with E-state index in [4.69, 9.17) is 4.42 Å². The summed E-state index contributed by atoms with van der Waals surface area (Å²) in [5.41, 5.74) is 2.88. The summed E-state index contributed by atoms with van der Waals surface area (Å²) in [5.74, 6) is -0.205. The zero-order chi connectivity index (χ0) is 34.8. The van der Waals surface area contributed by atoms with Crippen molar-refractivity contribution >= 4 is 23.2 Å². The molecule has 8 nitrogen and oxygen atoms in total. The van der Waals surface area contributed by atoms with Gasteiger partial charge in [0.15, 0.2) is 5.76 Å². The van der Waals surface area contributed by atoms with Crippen molar-refractivity contribution in [2.75, 3.05) is 19.6 Å². The van der Waals surface area contributed by atoms with Crippen LogP contribution in [-0.4, -0.2) is 46.3 Å². The summed E-state index contributed by atoms with van der Waals surface area (Å²) in [4.78, 5) is 37.7. The Labute approximate surface area is 287 Å². The van der Waals surface area contributed by atoms with Crippen LogP contribution in [0.15, 0.2) is 94.9 Å². The van der Waals surface area contributed by atoms with Gasteiger partial charge in [0.05, 0.1) is 17.9 Å². The lowest BCUT2D eigenvalue weighted by Crippen LogP contribution is -2.32. The van der Waals surface area contributed by atoms with E-state index in [9.17, 15) is 22.8 Å². The van der Waals surface area contributed by atoms with E-state index >= 15 is 0 Å². The van der Waals surface area contributed by atoms with Crippen LogP contribution < -0.4 is 10.6 Å². The number of amides is 2. The average Bonchev–Trinajstić information content (AvgIpc) is 3.89. The average molecular weight is 690 g/mol. The van der Waals surface area contributed by atoms with E-state index in [2.05, 4.69) is 39.7 Å². The van der Waals surface area contributed by atoms with Crippen LogP contribution in [0.3, 0.4) is 0 Å². The molecule has 1 atom stereocenters. The van der Waals surface area contributed by atoms with Gasteiger partial charge in [-0.3, -0.25) is 9.59 Å². The fourth-order valence-corrected chi connectivity index (χ4v) is 6.35. The van der Waals surface area contributed by atoms with Crippen LogP contribution in [0.25, 0.3) is 11.5 Å². The van der Waals surface area contributed by atoms with Gasteiger partial charge < -0.3 is 20.0 Å². The standard InChI is InChI=1S/C30H30F3N5O3S.C7H8/c1-19-18-42-28(36-19)25-8-3-12-38(25)29(40)24-16-21(15-23(37-24)26-9-4-13-41-26)27(39)35-11-5-10-34-17-20-6-2-7-22(14-20)30(31,32)33;1-7-5-3-2-4-6-7/h2,4,6-7,9,13-16,18,25,34H,3,5,8,10-12,17H2,1H3,(H,35,39);2-6H,1H3. The van der Waals surface area contributed by atoms with Gasteiger partial charge in [-0.05, 0) is 75.5 Å². The number of alkyl halides is 3. The molecule has 4 heterocycles. The largest absolute Gasteiger partial charge is 0.463 e. The Bertz CT molecular complexity index is 1830. The van der Waals surface area contributed by atoms with Crippen LogP contribution in [0.1, 0.15) is 73.5 Å². The van der Waals surface area contributed by atoms with Gasteiger partial charge in [0.25, 0.3) is 11.8 Å². The topological polar surface area (TPSA) is 100 Å². The highest BCUT2D eigenvalue weighted by molar-refractivity contribution is 7.09. The van der Waals surface area contributed by atoms with Crippen LogP contribution in [0.4, 0.5) is 13.2 Å². The first-order chi connectivity index (χ1) is 23.6. The number of nitrogens with zero attached hydrogens (tertiary/aromatic N) is 3. The quantitative estimate of drug-likeness (QED) is 0.144. The van der Waals surface area contributed by atoms with Gasteiger partial charge in [0.1, 0.15) is 16.4 Å². The molecule has 3 aromatic heterocycles. The van der Waals surface area contributed by atoms with E-state index in [-0.39, 0.29) is 35.7 Å². The summed E-state index contributed by atoms with van der Waals surface area (Å²) in [6.07, 6.45) is -0.674. The van der Waals surface area contributed by atoms with Gasteiger partial charge in [0, 0.05) is 36.3 Å². The minimum absolute atomic E-state index is 0.133. The molecular formula is C37H38F3N5O3S. The highest BCUT2D eigenvalue weighted by Crippen LogP contribution is 2.35. The Kier molecular flexibility index (Phi) is 12.0. The summed E-state index contributed by atoms with van der Waals surface area (Å²) in [5, 5.41) is 8.81. The molecule has 1 unspecified atom stereocenters. The zero-order valence-corrected chi connectivity index (χ0v) is 28.1. The third-order valence-electron chi connectivity index (χ3n) is 7.86. The summed E-state index contributed by atoms with van der Waals surface area (Å²) >= 11 is 1.53. The molecule has 0 aliphatic carbocycles. The summed E-state index contributed by atoms with van der Waals surface area (Å²) in [6, 6.07) is 21.8. The van der Waals surface area contributed by atoms with Crippen LogP contribution >= 0.6 is 11.3 Å². The number of hydrogen-bond donors (Lipinski definition) is 2. The van der Waals surface area contributed by atoms with E-state index in [0.29, 0.717) is 43.1 Å². The molecule has 2 amide bonds. The second-order valence-corrected chi connectivity index (χ2v) is 12.6. The Morgan fingerprint density at radius 2 is 1.80 bits per heavy atom. The fourth-order valence-electron chi connectivity index (χ4n) is 5.40. The maximum atomic E-state index is 13.7. The number of likely N-dealkylation sites (tertiary alicyclic amines) is 1. The first-order valence-corrected chi connectivity index (χ1v) is 16.9. The van der Waals surface area contributed by atoms with Gasteiger partial charge in [0.2, 0.25) is 0 Å². The molecule has 0 radical (unpaired) electrons. The molecular weight excluding hydrogens is 652 g/mol. The van der Waals surface area contributed by atoms with Crippen molar-refractivity contribution in [1.29, 1.82) is 0 Å². The number of rotatable bonds is 10. The van der Waals surface area contributed by atoms with Crippen molar-refractivity contribution in [3.05, 3.63) is 129 Å². The SMILES string of the molecule is Cc1ccccc1.Cc1csc(C2CCCN2C(=O)c2cc(C(=O)NCCCNCc3cccc(C(F)(F)F)c3)cc(-c3ccco3)n2)n1. The maximum Gasteiger partial charge on any atom is 0.416 e. The molecule has 1 aliphatic rings. The molecule has 1 saturated heterocycles. The van der Waals surface area contributed by atoms with Gasteiger partial charge in [-0.1, -0.05) is 54.1 Å². The molecule has 49 heavy (non-hydrogen) atoms. The molecule has 2 aromatic carbocycles. The Morgan fingerprint density at radius 3 is 2.47 bits per heavy atom. The highest BCUT2D eigenvalue weighted by Gasteiger charge is 2.34. The zero-order valence-electron chi connectivity index (χ0n) is 27.3. The molecule has 1 aliphatic heterocycles. The minimum atomic E-state index is -4.38. The predicted octanol–water partition coefficient (Wildman–Crippen LogP) is 8.01. The number of carbonyl (C=O) groups excluding carboxylic acids is 2. The second-order valence-electron chi connectivity index (χ2n) is 11.7. The van der Waals surface area contributed by atoms with Crippen LogP contribution in [-0.2, 0) is 12.7 Å². The van der Waals surface area contributed by atoms with Crippen molar-refractivity contribution in [3.63, 3.8) is 0 Å². The maximum absolute atomic E-state index is 13.7. The summed E-state index contributed by atoms with van der Waals surface area (Å²) in [7, 11) is 0. The molecule has 0 spiro atoms. The van der Waals surface area contributed by atoms with Gasteiger partial charge in [-0.25, -0.2) is 9.97 Å². The smallest absolute Gasteiger partial charge is 0.416 e. The lowest BCUT2D eigenvalue weighted by Gasteiger charge is -2.23. The van der Waals surface area contributed by atoms with E-state index in [1.54, 1.807) is 29.2 Å². The van der Waals surface area contributed by atoms with Gasteiger partial charge >= 0.3 is 6.18 Å². The number of thiazole rings is 1. The van der Waals surface area contributed by atoms with E-state index in [0.717, 1.165) is 35.7 Å². The number of furan rings is 1. The van der Waals surface area contributed by atoms with Crippen LogP contribution in [0, 0.1) is 13.8 Å². The molecule has 5 aromatic rings. The monoisotopic (exact) mass is 689 g/mol. The van der Waals surface area contributed by atoms with E-state index < -0.39 is 11.7 Å². The Balaban J connectivity index is 0.000000595. The first kappa shape index (κ1) is 35.5. The first-order valence-electron chi connectivity index (χ1n) is 16.0. The number of benzene rings is 2. The summed E-state index contributed by atoms with van der Waals surface area (Å²) in [6.45, 7) is 5.67. The minimum Gasteiger partial charge on any atom is -0.463 e. The fraction of sp³-hybridized carbons (Fsp3) is 0.297. The third kappa shape index (κ3) is 9.86. The molecule has 1 fully saturated rings. The number of carbonyl (C=O) groups is 2. The third-order valence-corrected chi connectivity index (χ3v) is 8.92. The Hall–Kier alpha value is -4.81. The van der Waals surface area contributed by atoms with E-state index in [1.807, 2.05) is 30.5 Å². The van der Waals surface area contributed by atoms with Crippen molar-refractivity contribution in [1.82, 2.24) is 25.5 Å². The number of aromatic nitrogens is 2. The van der Waals surface area contributed by atoms with Gasteiger partial charge in [-0.15, -0.1) is 11.3 Å². The van der Waals surface area contributed by atoms with Crippen molar-refractivity contribution in [3.8, 4) is 11.5 Å². The van der Waals surface area contributed by atoms with Crippen molar-refractivity contribution in [2.45, 2.75) is 51.9 Å². The number of halogens is 3. The number of nitrogens with one attached hydrogen (secondary N) is 2. The van der Waals surface area contributed by atoms with Crippen molar-refractivity contribution in [2.24, 2.45) is 0 Å². The molecule has 12 heteroatoms. The Morgan fingerprint density at radius 1 is 0.980 bits per heavy atom. The molecule has 0 saturated carbocycles. The van der Waals surface area contributed by atoms with Gasteiger partial charge in [-0.2, -0.15) is 13.2 Å².